The number of aryl methyl sites for hydroxylation is 5. The molecular formula is C88H98BrN21O5. The molecule has 0 aromatic carbocycles. The van der Waals surface area contributed by atoms with E-state index in [2.05, 4.69) is 193 Å². The average Bonchev–Trinajstić information content (AvgIpc) is 1.73. The smallest absolute Gasteiger partial charge is 0.162 e. The SMILES string of the molecule is Cc1[nH]nc2c1C(c1ccc(Br)cn1)C1=C(CC(C)(C)CC1=O)N2.Cc1[nH]nc2c1C(c1ccccn1)C1=C(CC(C)(C)CC1=O)N2.Cc1[nH]nc2c1C(c1cccnc1)C1=C(CC(C)(C)CC1=O)N2.Cc1[nH]nc2c1C(c1ccn[nH]1)C1=C(CC(C)(C)CC1=O)N2.Cc1[nH]nc2c1C(c1ccncc1)C1=C(CC(C)(C)CC1=O)N2. The third-order valence-corrected chi connectivity index (χ3v) is 24.2. The Balaban J connectivity index is 0.000000108. The van der Waals surface area contributed by atoms with E-state index in [0.717, 1.165) is 207 Å². The molecule has 27 heteroatoms. The maximum absolute atomic E-state index is 13.0. The summed E-state index contributed by atoms with van der Waals surface area (Å²) in [5.41, 5.74) is 24.2. The maximum Gasteiger partial charge on any atom is 0.162 e. The molecule has 20 rings (SSSR count). The largest absolute Gasteiger partial charge is 0.342 e. The Morgan fingerprint density at radius 2 is 0.678 bits per heavy atom. The minimum absolute atomic E-state index is 0.0193. The fourth-order valence-corrected chi connectivity index (χ4v) is 19.2. The van der Waals surface area contributed by atoms with Gasteiger partial charge in [-0.15, -0.1) is 0 Å². The first-order chi connectivity index (χ1) is 54.7. The van der Waals surface area contributed by atoms with Crippen molar-refractivity contribution in [2.45, 2.75) is 198 Å². The normalized spacial score (nSPS) is 22.4. The van der Waals surface area contributed by atoms with E-state index in [-0.39, 0.29) is 85.6 Å². The number of nitrogens with zero attached hydrogens (tertiary/aromatic N) is 10. The molecule has 0 fully saturated rings. The van der Waals surface area contributed by atoms with Crippen LogP contribution in [0.5, 0.6) is 0 Å². The molecule has 10 aromatic heterocycles. The first kappa shape index (κ1) is 77.3. The molecule has 10 aliphatic rings. The Morgan fingerprint density at radius 1 is 0.322 bits per heavy atom. The molecule has 0 radical (unpaired) electrons. The van der Waals surface area contributed by atoms with Crippen LogP contribution in [0, 0.1) is 61.7 Å². The zero-order valence-corrected chi connectivity index (χ0v) is 69.3. The van der Waals surface area contributed by atoms with Crippen molar-refractivity contribution in [1.29, 1.82) is 0 Å². The highest BCUT2D eigenvalue weighted by molar-refractivity contribution is 9.10. The molecular weight excluding hydrogens is 1510 g/mol. The summed E-state index contributed by atoms with van der Waals surface area (Å²) in [6, 6.07) is 19.7. The van der Waals surface area contributed by atoms with Gasteiger partial charge >= 0.3 is 0 Å². The summed E-state index contributed by atoms with van der Waals surface area (Å²) in [5, 5.41) is 61.3. The summed E-state index contributed by atoms with van der Waals surface area (Å²) in [6.07, 6.45) is 19.6. The number of fused-ring (bicyclic) bond motifs is 5. The highest BCUT2D eigenvalue weighted by atomic mass is 79.9. The van der Waals surface area contributed by atoms with E-state index in [1.807, 2.05) is 101 Å². The number of carbonyl (C=O) groups is 5. The molecule has 0 bridgehead atoms. The van der Waals surface area contributed by atoms with Crippen molar-refractivity contribution in [1.82, 2.24) is 81.1 Å². The Morgan fingerprint density at radius 3 is 1.02 bits per heavy atom. The third kappa shape index (κ3) is 14.8. The van der Waals surface area contributed by atoms with Crippen molar-refractivity contribution in [3.8, 4) is 0 Å². The Labute approximate surface area is 675 Å². The van der Waals surface area contributed by atoms with E-state index >= 15 is 0 Å². The van der Waals surface area contributed by atoms with Crippen LogP contribution >= 0.6 is 15.9 Å². The van der Waals surface area contributed by atoms with Crippen LogP contribution in [0.15, 0.2) is 165 Å². The van der Waals surface area contributed by atoms with Crippen molar-refractivity contribution < 1.29 is 24.0 Å². The van der Waals surface area contributed by atoms with Gasteiger partial charge in [-0.05, 0) is 169 Å². The number of carbonyl (C=O) groups excluding carboxylic acids is 5. The molecule has 5 atom stereocenters. The summed E-state index contributed by atoms with van der Waals surface area (Å²) >= 11 is 3.43. The van der Waals surface area contributed by atoms with Gasteiger partial charge in [-0.1, -0.05) is 81.4 Å². The number of rotatable bonds is 5. The lowest BCUT2D eigenvalue weighted by Gasteiger charge is -2.38. The summed E-state index contributed by atoms with van der Waals surface area (Å²) in [4.78, 5) is 82.0. The molecule has 15 heterocycles. The van der Waals surface area contributed by atoms with E-state index < -0.39 is 0 Å². The lowest BCUT2D eigenvalue weighted by molar-refractivity contribution is -0.119. The number of Topliss-reactive ketones (excluding diaryl/α,β-unsaturated/α-hetero) is 5. The first-order valence-corrected chi connectivity index (χ1v) is 40.2. The lowest BCUT2D eigenvalue weighted by Crippen LogP contribution is -2.34. The average molecular weight is 1610 g/mol. The van der Waals surface area contributed by atoms with Crippen molar-refractivity contribution in [3.05, 3.63) is 249 Å². The Hall–Kier alpha value is -11.6. The van der Waals surface area contributed by atoms with Crippen molar-refractivity contribution in [3.63, 3.8) is 0 Å². The number of pyridine rings is 4. The van der Waals surface area contributed by atoms with Gasteiger partial charge in [0.25, 0.3) is 0 Å². The topological polar surface area (TPSA) is 369 Å². The van der Waals surface area contributed by atoms with E-state index in [1.165, 1.54) is 0 Å². The van der Waals surface area contributed by atoms with Crippen molar-refractivity contribution in [2.75, 3.05) is 26.6 Å². The molecule has 11 N–H and O–H groups in total. The van der Waals surface area contributed by atoms with Gasteiger partial charge in [0, 0.05) is 210 Å². The van der Waals surface area contributed by atoms with E-state index in [4.69, 9.17) is 0 Å². The molecule has 5 aliphatic heterocycles. The summed E-state index contributed by atoms with van der Waals surface area (Å²) in [7, 11) is 0. The van der Waals surface area contributed by atoms with Crippen LogP contribution in [0.2, 0.25) is 0 Å². The first-order valence-electron chi connectivity index (χ1n) is 39.4. The summed E-state index contributed by atoms with van der Waals surface area (Å²) < 4.78 is 0.926. The number of H-pyrrole nitrogens is 6. The predicted octanol–water partition coefficient (Wildman–Crippen LogP) is 16.7. The van der Waals surface area contributed by atoms with E-state index in [9.17, 15) is 24.0 Å². The molecule has 115 heavy (non-hydrogen) atoms. The number of halogens is 1. The van der Waals surface area contributed by atoms with Crippen LogP contribution in [0.1, 0.15) is 248 Å². The number of hydrogen-bond acceptors (Lipinski definition) is 20. The molecule has 10 aromatic rings. The lowest BCUT2D eigenvalue weighted by atomic mass is 9.69. The van der Waals surface area contributed by atoms with Crippen molar-refractivity contribution >= 4 is 73.9 Å². The van der Waals surface area contributed by atoms with Crippen molar-refractivity contribution in [2.24, 2.45) is 27.1 Å². The second-order valence-corrected chi connectivity index (χ2v) is 37.2. The van der Waals surface area contributed by atoms with Gasteiger partial charge in [0.2, 0.25) is 0 Å². The summed E-state index contributed by atoms with van der Waals surface area (Å²) in [5.74, 6) is 4.66. The Kier molecular flexibility index (Phi) is 19.7. The highest BCUT2D eigenvalue weighted by Gasteiger charge is 2.49. The number of aromatic amines is 6. The number of ketones is 5. The fraction of sp³-hybridized carbons (Fsp3) is 0.398. The number of nitrogens with one attached hydrogen (secondary N) is 11. The van der Waals surface area contributed by atoms with Gasteiger partial charge in [0.15, 0.2) is 58.0 Å². The zero-order valence-electron chi connectivity index (χ0n) is 67.7. The number of hydrogen-bond donors (Lipinski definition) is 11. The predicted molar refractivity (Wildman–Crippen MR) is 442 cm³/mol. The quantitative estimate of drug-likeness (QED) is 0.0762. The molecule has 5 aliphatic carbocycles. The molecule has 26 nitrogen and oxygen atoms in total. The van der Waals surface area contributed by atoms with Gasteiger partial charge in [-0.2, -0.15) is 30.6 Å². The Bertz CT molecular complexity index is 5390. The molecule has 592 valence electrons. The van der Waals surface area contributed by atoms with Crippen LogP contribution in [0.25, 0.3) is 0 Å². The second-order valence-electron chi connectivity index (χ2n) is 36.2. The second kappa shape index (κ2) is 29.3. The van der Waals surface area contributed by atoms with E-state index in [0.29, 0.717) is 32.1 Å². The van der Waals surface area contributed by atoms with Gasteiger partial charge in [-0.3, -0.25) is 74.5 Å². The molecule has 0 saturated heterocycles. The van der Waals surface area contributed by atoms with Crippen LogP contribution in [0.4, 0.5) is 29.1 Å². The van der Waals surface area contributed by atoms with Crippen LogP contribution < -0.4 is 26.6 Å². The van der Waals surface area contributed by atoms with E-state index in [1.54, 1.807) is 37.2 Å². The van der Waals surface area contributed by atoms with Crippen LogP contribution in [-0.4, -0.2) is 110 Å². The monoisotopic (exact) mass is 1610 g/mol. The van der Waals surface area contributed by atoms with Crippen LogP contribution in [0.3, 0.4) is 0 Å². The standard InChI is InChI=1S/C18H19BrN4O.3C18H20N4O.C16H19N5O/c1-9-14-16(11-5-4-10(19)8-20-11)15-12(21-17(14)23-22-9)6-18(2,3)7-13(15)24;1-10-14-15(11-4-6-19-7-5-11)16-12(20-17(14)22-21-10)8-18(2,3)9-13(16)23;1-10-14-15(11-5-4-6-19-9-11)16-12(20-17(14)22-21-10)7-18(2,3)8-13(16)23;1-10-14-16(11-6-4-5-7-19-11)15-12(20-17(14)22-21-10)8-18(2,3)9-13(15)23;1-8-12-14(9-4-5-17-20-9)13-10(18-15(12)21-19-8)6-16(2,3)7-11(13)22/h4-5,8,16H,6-7H2,1-3H3,(H2,21,22,23);4-7,15H,8-9H2,1-3H3,(H2,20,21,22);4-6,9,15H,7-8H2,1-3H3,(H2,20,21,22);4-7,16H,8-9H2,1-3H3,(H2,20,21,22);4-5,14H,6-7H2,1-3H3,(H,17,20)(H2,18,19,21). The van der Waals surface area contributed by atoms with Gasteiger partial charge in [-0.25, -0.2) is 0 Å². The molecule has 0 saturated carbocycles. The number of aromatic nitrogens is 16. The third-order valence-electron chi connectivity index (χ3n) is 23.7. The molecule has 5 unspecified atom stereocenters. The van der Waals surface area contributed by atoms with Crippen LogP contribution in [-0.2, 0) is 24.0 Å². The summed E-state index contributed by atoms with van der Waals surface area (Å²) in [6.45, 7) is 31.3. The van der Waals surface area contributed by atoms with Gasteiger partial charge in [0.1, 0.15) is 0 Å². The maximum atomic E-state index is 13.0. The number of anilines is 5. The highest BCUT2D eigenvalue weighted by Crippen LogP contribution is 2.55. The van der Waals surface area contributed by atoms with Gasteiger partial charge in [0.05, 0.1) is 29.1 Å². The fourth-order valence-electron chi connectivity index (χ4n) is 19.0. The zero-order chi connectivity index (χ0) is 81.1. The van der Waals surface area contributed by atoms with Gasteiger partial charge < -0.3 is 26.6 Å². The molecule has 0 spiro atoms. The molecule has 0 amide bonds. The minimum atomic E-state index is -0.160. The number of allylic oxidation sites excluding steroid dienone is 10. The minimum Gasteiger partial charge on any atom is -0.342 e.